The molecular weight excluding hydrogens is 826 g/mol. The number of alkyl carbamates (subject to hydrolysis) is 1. The molecule has 2 aliphatic carbocycles. The maximum atomic E-state index is 15.0. The van der Waals surface area contributed by atoms with Crippen molar-refractivity contribution in [2.45, 2.75) is 127 Å². The quantitative estimate of drug-likeness (QED) is 0.276. The lowest BCUT2D eigenvalue weighted by Gasteiger charge is -2.34. The number of sulfonamides is 1. The standard InChI is InChI=1S/C41H55F3N6O10S/c1-8-58-26-13-14-28-29(18-26)46-34(32(45-28)41(42,43)44)59-27-19-30-33(51)48-40(36(53)49-61(55,56)39(6)15-16-39)20-25(40)12-10-9-11-23(2)17-24(22-57-7)31(35(52)50(30)21-27)47-37(54)60-38(3,4)5/h10,12-14,18,23-25,27,30-31H,8-9,11,15-17,19-22H2,1-7H3,(H,47,54)(H,48,51)(H,49,53)/b12-10-/t23-,24+,25?,27-,30+,31+,40-/m1/s1. The van der Waals surface area contributed by atoms with Gasteiger partial charge in [0, 0.05) is 31.4 Å². The van der Waals surface area contributed by atoms with Crippen LogP contribution in [0.4, 0.5) is 18.0 Å². The van der Waals surface area contributed by atoms with Crippen LogP contribution in [-0.2, 0) is 40.1 Å². The van der Waals surface area contributed by atoms with Crippen LogP contribution in [0.5, 0.6) is 11.6 Å². The summed E-state index contributed by atoms with van der Waals surface area (Å²) < 4.78 is 93.7. The van der Waals surface area contributed by atoms with Crippen molar-refractivity contribution >= 4 is 44.9 Å². The van der Waals surface area contributed by atoms with Gasteiger partial charge in [0.25, 0.3) is 5.91 Å². The molecule has 1 saturated heterocycles. The van der Waals surface area contributed by atoms with E-state index in [0.29, 0.717) is 37.9 Å². The minimum atomic E-state index is -5.02. The van der Waals surface area contributed by atoms with Gasteiger partial charge in [0.05, 0.1) is 35.5 Å². The molecular formula is C41H55F3N6O10S. The molecule has 4 aliphatic rings. The van der Waals surface area contributed by atoms with Crippen LogP contribution < -0.4 is 24.8 Å². The molecule has 336 valence electrons. The minimum absolute atomic E-state index is 0.00111. The zero-order valence-electron chi connectivity index (χ0n) is 35.4. The zero-order valence-corrected chi connectivity index (χ0v) is 36.2. The third kappa shape index (κ3) is 10.3. The second-order valence-electron chi connectivity index (χ2n) is 17.8. The first-order valence-corrected chi connectivity index (χ1v) is 22.0. The summed E-state index contributed by atoms with van der Waals surface area (Å²) in [4.78, 5) is 66.0. The Morgan fingerprint density at radius 1 is 1.08 bits per heavy atom. The van der Waals surface area contributed by atoms with Crippen molar-refractivity contribution in [3.05, 3.63) is 36.0 Å². The van der Waals surface area contributed by atoms with Crippen molar-refractivity contribution < 1.29 is 59.7 Å². The lowest BCUT2D eigenvalue weighted by molar-refractivity contribution is -0.143. The van der Waals surface area contributed by atoms with E-state index in [4.69, 9.17) is 18.9 Å². The number of carbonyl (C=O) groups excluding carboxylic acids is 4. The van der Waals surface area contributed by atoms with Crippen molar-refractivity contribution in [3.8, 4) is 11.6 Å². The first-order chi connectivity index (χ1) is 28.5. The van der Waals surface area contributed by atoms with E-state index in [1.54, 1.807) is 33.8 Å². The number of nitrogens with one attached hydrogen (secondary N) is 3. The molecule has 3 fully saturated rings. The number of benzene rings is 1. The van der Waals surface area contributed by atoms with Gasteiger partial charge >= 0.3 is 12.3 Å². The van der Waals surface area contributed by atoms with Gasteiger partial charge in [-0.1, -0.05) is 19.1 Å². The number of nitrogens with zero attached hydrogens (tertiary/aromatic N) is 3. The summed E-state index contributed by atoms with van der Waals surface area (Å²) in [6, 6.07) is 1.37. The predicted octanol–water partition coefficient (Wildman–Crippen LogP) is 4.80. The van der Waals surface area contributed by atoms with E-state index < -0.39 is 104 Å². The fraction of sp³-hybridized carbons (Fsp3) is 0.659. The van der Waals surface area contributed by atoms with Gasteiger partial charge in [-0.15, -0.1) is 0 Å². The summed E-state index contributed by atoms with van der Waals surface area (Å²) in [7, 11) is -2.69. The Bertz CT molecular complexity index is 2160. The number of aromatic nitrogens is 2. The number of alkyl halides is 3. The molecule has 7 atom stereocenters. The molecule has 2 saturated carbocycles. The Balaban J connectivity index is 1.41. The van der Waals surface area contributed by atoms with Crippen LogP contribution >= 0.6 is 0 Å². The van der Waals surface area contributed by atoms with Gasteiger partial charge in [0.15, 0.2) is 0 Å². The smallest absolute Gasteiger partial charge is 0.438 e. The van der Waals surface area contributed by atoms with Crippen molar-refractivity contribution in [2.24, 2.45) is 17.8 Å². The molecule has 0 radical (unpaired) electrons. The van der Waals surface area contributed by atoms with E-state index in [1.807, 2.05) is 13.0 Å². The first kappa shape index (κ1) is 45.8. The third-order valence-electron chi connectivity index (χ3n) is 11.6. The summed E-state index contributed by atoms with van der Waals surface area (Å²) >= 11 is 0. The number of carbonyl (C=O) groups is 4. The van der Waals surface area contributed by atoms with Crippen molar-refractivity contribution in [2.75, 3.05) is 26.9 Å². The van der Waals surface area contributed by atoms with Gasteiger partial charge in [-0.2, -0.15) is 13.2 Å². The highest BCUT2D eigenvalue weighted by Gasteiger charge is 2.63. The SMILES string of the molecule is CCOc1ccc2nc(C(F)(F)F)c(O[C@@H]3C[C@H]4C(=O)N[C@]5(C(=O)NS(=O)(=O)C6(C)CC6)CC5/C=C\CC[C@@H](C)C[C@@H](COC)[C@H](NC(=O)OC(C)(C)C)C(=O)N4C3)nc2c1. The van der Waals surface area contributed by atoms with Crippen LogP contribution in [-0.4, -0.2) is 108 Å². The number of methoxy groups -OCH3 is 1. The summed E-state index contributed by atoms with van der Waals surface area (Å²) in [5.41, 5.74) is -4.16. The van der Waals surface area contributed by atoms with E-state index in [9.17, 15) is 40.8 Å². The second-order valence-corrected chi connectivity index (χ2v) is 20.0. The van der Waals surface area contributed by atoms with Gasteiger partial charge in [-0.25, -0.2) is 23.2 Å². The second kappa shape index (κ2) is 17.2. The molecule has 4 amide bonds. The topological polar surface area (TPSA) is 204 Å². The number of hydrogen-bond donors (Lipinski definition) is 3. The maximum absolute atomic E-state index is 15.0. The molecule has 3 heterocycles. The summed E-state index contributed by atoms with van der Waals surface area (Å²) in [6.45, 7) is 9.98. The molecule has 16 nitrogen and oxygen atoms in total. The Morgan fingerprint density at radius 3 is 2.44 bits per heavy atom. The van der Waals surface area contributed by atoms with Gasteiger partial charge in [-0.3, -0.25) is 19.1 Å². The number of fused-ring (bicyclic) bond motifs is 3. The Morgan fingerprint density at radius 2 is 1.80 bits per heavy atom. The highest BCUT2D eigenvalue weighted by atomic mass is 32.2. The summed E-state index contributed by atoms with van der Waals surface area (Å²) in [6.07, 6.45) is -1.71. The average Bonchev–Trinajstić information content (AvgIpc) is 4.04. The predicted molar refractivity (Wildman–Crippen MR) is 215 cm³/mol. The molecule has 61 heavy (non-hydrogen) atoms. The van der Waals surface area contributed by atoms with Crippen LogP contribution in [0, 0.1) is 17.8 Å². The highest BCUT2D eigenvalue weighted by molar-refractivity contribution is 7.91. The molecule has 2 aromatic rings. The van der Waals surface area contributed by atoms with Crippen LogP contribution in [0.1, 0.15) is 92.2 Å². The normalized spacial score (nSPS) is 28.6. The van der Waals surface area contributed by atoms with E-state index in [-0.39, 0.29) is 43.0 Å². The van der Waals surface area contributed by atoms with E-state index in [2.05, 4.69) is 25.3 Å². The van der Waals surface area contributed by atoms with Crippen LogP contribution in [0.3, 0.4) is 0 Å². The van der Waals surface area contributed by atoms with Crippen molar-refractivity contribution in [1.29, 1.82) is 0 Å². The zero-order chi connectivity index (χ0) is 44.7. The highest BCUT2D eigenvalue weighted by Crippen LogP contribution is 2.48. The molecule has 0 spiro atoms. The average molecular weight is 881 g/mol. The fourth-order valence-electron chi connectivity index (χ4n) is 7.92. The molecule has 1 unspecified atom stereocenters. The van der Waals surface area contributed by atoms with Gasteiger partial charge in [0.2, 0.25) is 33.4 Å². The van der Waals surface area contributed by atoms with Gasteiger partial charge < -0.3 is 34.5 Å². The lowest BCUT2D eigenvalue weighted by Crippen LogP contribution is -2.60. The van der Waals surface area contributed by atoms with E-state index >= 15 is 0 Å². The number of hydrogen-bond acceptors (Lipinski definition) is 12. The molecule has 3 N–H and O–H groups in total. The summed E-state index contributed by atoms with van der Waals surface area (Å²) in [5, 5.41) is 5.43. The number of ether oxygens (including phenoxy) is 4. The molecule has 6 rings (SSSR count). The number of halogens is 3. The van der Waals surface area contributed by atoms with Crippen LogP contribution in [0.15, 0.2) is 30.4 Å². The Kier molecular flexibility index (Phi) is 12.9. The molecule has 2 aliphatic heterocycles. The van der Waals surface area contributed by atoms with Crippen LogP contribution in [0.2, 0.25) is 0 Å². The largest absolute Gasteiger partial charge is 0.494 e. The number of amides is 4. The monoisotopic (exact) mass is 880 g/mol. The van der Waals surface area contributed by atoms with Crippen molar-refractivity contribution in [1.82, 2.24) is 30.2 Å². The summed E-state index contributed by atoms with van der Waals surface area (Å²) in [5.74, 6) is -4.49. The minimum Gasteiger partial charge on any atom is -0.494 e. The first-order valence-electron chi connectivity index (χ1n) is 20.5. The molecule has 1 aromatic carbocycles. The lowest BCUT2D eigenvalue weighted by atomic mass is 9.87. The molecule has 20 heteroatoms. The van der Waals surface area contributed by atoms with Gasteiger partial charge in [0.1, 0.15) is 35.1 Å². The Hall–Kier alpha value is -4.72. The van der Waals surface area contributed by atoms with Crippen molar-refractivity contribution in [3.63, 3.8) is 0 Å². The number of allylic oxidation sites excluding steroid dienone is 1. The number of rotatable bonds is 10. The van der Waals surface area contributed by atoms with E-state index in [1.165, 1.54) is 32.2 Å². The third-order valence-corrected chi connectivity index (χ3v) is 13.8. The Labute approximate surface area is 353 Å². The molecule has 1 aromatic heterocycles. The fourth-order valence-corrected chi connectivity index (χ4v) is 9.24. The maximum Gasteiger partial charge on any atom is 0.438 e. The molecule has 0 bridgehead atoms. The van der Waals surface area contributed by atoms with E-state index in [0.717, 1.165) is 4.90 Å². The van der Waals surface area contributed by atoms with Gasteiger partial charge in [-0.05, 0) is 91.2 Å². The van der Waals surface area contributed by atoms with Crippen LogP contribution in [0.25, 0.3) is 11.0 Å².